The van der Waals surface area contributed by atoms with Crippen LogP contribution in [0.4, 0.5) is 24.0 Å². The molecule has 1 aliphatic heterocycles. The first-order valence-electron chi connectivity index (χ1n) is 25.9. The number of aliphatic imine (C=N–C) groups is 3. The number of hydrogen-bond donors (Lipinski definition) is 7. The van der Waals surface area contributed by atoms with E-state index < -0.39 is 47.3 Å². The SMILES string of the molecule is C1CCOC1.CC(C)(C)OC(=O)NC(=NCc1cccc2ccccc12)NC(=O)OC(C)(C)C.CO.COC(=O)NC(=NCc1cccc2ccccc12)NC(=O)OC(C)(C)C.COC(=O)NC(N)=NCc1cccc2ccccc12. The van der Waals surface area contributed by atoms with Crippen LogP contribution in [0.15, 0.2) is 142 Å². The molecule has 0 bridgehead atoms. The Labute approximate surface area is 474 Å². The van der Waals surface area contributed by atoms with Crippen LogP contribution in [-0.4, -0.2) is 105 Å². The third-order valence-corrected chi connectivity index (χ3v) is 10.4. The molecule has 0 radical (unpaired) electrons. The standard InChI is InChI=1S/C22H29N3O4.C19H23N3O4.C14H15N3O2.C4H8O.CH4O/c1-21(2,3)28-19(26)24-18(25-20(27)29-22(4,5)6)23-14-16-12-9-11-15-10-7-8-13-17(15)16;1-19(2,3)26-18(24)22-16(21-17(23)25-4)20-12-14-10-7-9-13-8-5-6-11-15(13)14;1-19-14(18)17-13(15)16-9-11-7-4-6-10-5-2-3-8-12(10)11;1-2-4-5-3-1;1-2/h7-13H,14H2,1-6H3,(H2,23,24,25,26,27);5-11H,12H2,1-4H3,(H2,20,21,22,23,24);2-8H,9H2,1H3,(H3,15,16,17,18);1-4H2;2H,1H3. The van der Waals surface area contributed by atoms with Crippen LogP contribution < -0.4 is 32.3 Å². The normalized spacial score (nSPS) is 12.1. The van der Waals surface area contributed by atoms with Crippen molar-refractivity contribution in [2.24, 2.45) is 20.7 Å². The zero-order valence-electron chi connectivity index (χ0n) is 48.4. The lowest BCUT2D eigenvalue weighted by Crippen LogP contribution is -2.47. The van der Waals surface area contributed by atoms with Crippen LogP contribution in [0.2, 0.25) is 0 Å². The summed E-state index contributed by atoms with van der Waals surface area (Å²) in [7, 11) is 3.50. The van der Waals surface area contributed by atoms with Gasteiger partial charge in [0.1, 0.15) is 16.8 Å². The first-order chi connectivity index (χ1) is 38.4. The van der Waals surface area contributed by atoms with E-state index in [2.05, 4.69) is 51.0 Å². The molecule has 0 spiro atoms. The maximum atomic E-state index is 12.2. The molecule has 0 atom stereocenters. The summed E-state index contributed by atoms with van der Waals surface area (Å²) >= 11 is 0. The van der Waals surface area contributed by atoms with Gasteiger partial charge in [-0.3, -0.25) is 26.6 Å². The average molecular weight is 1120 g/mol. The van der Waals surface area contributed by atoms with Gasteiger partial charge in [-0.1, -0.05) is 127 Å². The number of benzene rings is 6. The van der Waals surface area contributed by atoms with Crippen LogP contribution >= 0.6 is 0 Å². The van der Waals surface area contributed by atoms with Gasteiger partial charge in [0.15, 0.2) is 5.96 Å². The first-order valence-corrected chi connectivity index (χ1v) is 25.9. The molecule has 5 amide bonds. The van der Waals surface area contributed by atoms with E-state index in [0.29, 0.717) is 6.54 Å². The quantitative estimate of drug-likeness (QED) is 0.0465. The summed E-state index contributed by atoms with van der Waals surface area (Å²) in [5.41, 5.74) is 6.50. The predicted octanol–water partition coefficient (Wildman–Crippen LogP) is 10.7. The molecular formula is C60H79N9O12. The zero-order valence-corrected chi connectivity index (χ0v) is 48.4. The van der Waals surface area contributed by atoms with Gasteiger partial charge in [0.05, 0.1) is 33.9 Å². The van der Waals surface area contributed by atoms with Gasteiger partial charge >= 0.3 is 30.5 Å². The van der Waals surface area contributed by atoms with E-state index in [1.165, 1.54) is 27.1 Å². The predicted molar refractivity (Wildman–Crippen MR) is 317 cm³/mol. The highest BCUT2D eigenvalue weighted by molar-refractivity contribution is 6.02. The highest BCUT2D eigenvalue weighted by atomic mass is 16.6. The average Bonchev–Trinajstić information content (AvgIpc) is 4.04. The first kappa shape index (κ1) is 66.5. The number of rotatable bonds is 6. The third kappa shape index (κ3) is 26.6. The van der Waals surface area contributed by atoms with E-state index in [4.69, 9.17) is 29.8 Å². The molecule has 0 saturated carbocycles. The third-order valence-electron chi connectivity index (χ3n) is 10.4. The number of nitrogens with one attached hydrogen (secondary N) is 5. The minimum atomic E-state index is -0.738. The lowest BCUT2D eigenvalue weighted by molar-refractivity contribution is 0.0534. The fourth-order valence-electron chi connectivity index (χ4n) is 7.06. The number of carbonyl (C=O) groups is 5. The van der Waals surface area contributed by atoms with Crippen molar-refractivity contribution in [3.8, 4) is 0 Å². The number of ether oxygens (including phenoxy) is 6. The van der Waals surface area contributed by atoms with Crippen LogP contribution in [0.25, 0.3) is 32.3 Å². The van der Waals surface area contributed by atoms with Crippen molar-refractivity contribution in [1.82, 2.24) is 26.6 Å². The van der Waals surface area contributed by atoms with Crippen molar-refractivity contribution < 1.29 is 57.5 Å². The van der Waals surface area contributed by atoms with Gasteiger partial charge in [0, 0.05) is 20.3 Å². The Hall–Kier alpha value is -8.82. The molecule has 1 saturated heterocycles. The second kappa shape index (κ2) is 33.6. The molecule has 6 aromatic carbocycles. The van der Waals surface area contributed by atoms with Gasteiger partial charge in [-0.25, -0.2) is 38.9 Å². The molecule has 81 heavy (non-hydrogen) atoms. The van der Waals surface area contributed by atoms with E-state index in [9.17, 15) is 24.0 Å². The summed E-state index contributed by atoms with van der Waals surface area (Å²) in [5.74, 6) is -0.0414. The van der Waals surface area contributed by atoms with Crippen LogP contribution in [0.1, 0.15) is 91.8 Å². The molecule has 6 aromatic rings. The Morgan fingerprint density at radius 3 is 1.02 bits per heavy atom. The number of nitrogens with two attached hydrogens (primary N) is 1. The summed E-state index contributed by atoms with van der Waals surface area (Å²) in [6.07, 6.45) is -0.960. The number of methoxy groups -OCH3 is 2. The smallest absolute Gasteiger partial charge is 0.414 e. The number of carbonyl (C=O) groups excluding carboxylic acids is 5. The second-order valence-electron chi connectivity index (χ2n) is 20.4. The van der Waals surface area contributed by atoms with Crippen molar-refractivity contribution >= 4 is 80.7 Å². The number of hydrogen-bond acceptors (Lipinski definition) is 15. The topological polar surface area (TPSA) is 284 Å². The van der Waals surface area contributed by atoms with Crippen LogP contribution in [0, 0.1) is 0 Å². The largest absolute Gasteiger partial charge is 0.453 e. The summed E-state index contributed by atoms with van der Waals surface area (Å²) in [6.45, 7) is 18.6. The van der Waals surface area contributed by atoms with E-state index in [0.717, 1.165) is 69.3 Å². The molecule has 8 N–H and O–H groups in total. The summed E-state index contributed by atoms with van der Waals surface area (Å²) in [5, 5.41) is 25.6. The number of amides is 5. The molecule has 0 aliphatic carbocycles. The Morgan fingerprint density at radius 2 is 0.728 bits per heavy atom. The van der Waals surface area contributed by atoms with Crippen molar-refractivity contribution in [3.05, 3.63) is 144 Å². The molecule has 1 aliphatic rings. The van der Waals surface area contributed by atoms with E-state index >= 15 is 0 Å². The Balaban J connectivity index is 0.000000305. The second-order valence-corrected chi connectivity index (χ2v) is 20.4. The lowest BCUT2D eigenvalue weighted by atomic mass is 10.1. The van der Waals surface area contributed by atoms with Crippen LogP contribution in [-0.2, 0) is 48.1 Å². The van der Waals surface area contributed by atoms with Crippen molar-refractivity contribution in [1.29, 1.82) is 0 Å². The molecule has 21 nitrogen and oxygen atoms in total. The van der Waals surface area contributed by atoms with Gasteiger partial charge in [-0.2, -0.15) is 0 Å². The number of aliphatic hydroxyl groups is 1. The Kier molecular flexibility index (Phi) is 27.6. The molecule has 1 heterocycles. The molecule has 0 unspecified atom stereocenters. The molecule has 21 heteroatoms. The van der Waals surface area contributed by atoms with E-state index in [1.807, 2.05) is 127 Å². The fraction of sp³-hybridized carbons (Fsp3) is 0.367. The number of guanidine groups is 3. The molecule has 7 rings (SSSR count). The van der Waals surface area contributed by atoms with Gasteiger partial charge in [0.25, 0.3) is 0 Å². The summed E-state index contributed by atoms with van der Waals surface area (Å²) in [4.78, 5) is 71.5. The number of aliphatic hydroxyl groups excluding tert-OH is 1. The van der Waals surface area contributed by atoms with Crippen molar-refractivity contribution in [3.63, 3.8) is 0 Å². The van der Waals surface area contributed by atoms with Gasteiger partial charge in [0.2, 0.25) is 11.9 Å². The maximum absolute atomic E-state index is 12.2. The van der Waals surface area contributed by atoms with Gasteiger partial charge in [-0.15, -0.1) is 0 Å². The van der Waals surface area contributed by atoms with Gasteiger partial charge in [-0.05, 0) is 124 Å². The summed E-state index contributed by atoms with van der Waals surface area (Å²) in [6, 6.07) is 41.7. The van der Waals surface area contributed by atoms with Crippen molar-refractivity contribution in [2.75, 3.05) is 34.5 Å². The minimum Gasteiger partial charge on any atom is -0.453 e. The minimum absolute atomic E-state index is 0.0403. The fourth-order valence-corrected chi connectivity index (χ4v) is 7.06. The number of alkyl carbamates (subject to hydrolysis) is 5. The zero-order chi connectivity index (χ0) is 60.0. The van der Waals surface area contributed by atoms with E-state index in [1.54, 1.807) is 62.3 Å². The highest BCUT2D eigenvalue weighted by Crippen LogP contribution is 2.22. The Bertz CT molecular complexity index is 3030. The lowest BCUT2D eigenvalue weighted by Gasteiger charge is -2.22. The number of fused-ring (bicyclic) bond motifs is 3. The molecule has 0 aromatic heterocycles. The van der Waals surface area contributed by atoms with Crippen molar-refractivity contribution in [2.45, 2.75) is 112 Å². The molecule has 1 fully saturated rings. The van der Waals surface area contributed by atoms with Crippen LogP contribution in [0.5, 0.6) is 0 Å². The molecule has 436 valence electrons. The molecular weight excluding hydrogens is 1040 g/mol. The number of nitrogens with zero attached hydrogens (tertiary/aromatic N) is 3. The summed E-state index contributed by atoms with van der Waals surface area (Å²) < 4.78 is 29.6. The Morgan fingerprint density at radius 1 is 0.444 bits per heavy atom. The maximum Gasteiger partial charge on any atom is 0.414 e. The monoisotopic (exact) mass is 1120 g/mol. The van der Waals surface area contributed by atoms with Gasteiger partial charge < -0.3 is 39.3 Å². The highest BCUT2D eigenvalue weighted by Gasteiger charge is 2.22. The van der Waals surface area contributed by atoms with Crippen LogP contribution in [0.3, 0.4) is 0 Å². The van der Waals surface area contributed by atoms with E-state index in [-0.39, 0.29) is 31.0 Å².